The van der Waals surface area contributed by atoms with E-state index >= 15 is 0 Å². The van der Waals surface area contributed by atoms with Gasteiger partial charge in [-0.25, -0.2) is 13.1 Å². The van der Waals surface area contributed by atoms with Gasteiger partial charge in [-0.3, -0.25) is 0 Å². The average molecular weight is 268 g/mol. The highest BCUT2D eigenvalue weighted by Crippen LogP contribution is 2.12. The second-order valence-corrected chi connectivity index (χ2v) is 5.92. The number of aliphatic hydroxyl groups is 1. The minimum atomic E-state index is -3.61. The molecule has 0 aliphatic heterocycles. The van der Waals surface area contributed by atoms with Crippen LogP contribution in [-0.2, 0) is 10.0 Å². The quantitative estimate of drug-likeness (QED) is 0.828. The van der Waals surface area contributed by atoms with Gasteiger partial charge in [0.25, 0.3) is 0 Å². The fourth-order valence-corrected chi connectivity index (χ4v) is 2.65. The molecule has 2 atom stereocenters. The van der Waals surface area contributed by atoms with Crippen LogP contribution in [0.4, 0.5) is 0 Å². The van der Waals surface area contributed by atoms with E-state index in [2.05, 4.69) is 4.72 Å². The first-order valence-electron chi connectivity index (χ1n) is 5.54. The second kappa shape index (κ2) is 5.96. The minimum Gasteiger partial charge on any atom is -0.396 e. The highest BCUT2D eigenvalue weighted by molar-refractivity contribution is 7.89. The Morgan fingerprint density at radius 1 is 1.33 bits per heavy atom. The van der Waals surface area contributed by atoms with Crippen LogP contribution in [-0.4, -0.2) is 26.2 Å². The number of sulfonamides is 1. The van der Waals surface area contributed by atoms with Gasteiger partial charge in [0, 0.05) is 12.6 Å². The van der Waals surface area contributed by atoms with Crippen molar-refractivity contribution in [1.29, 1.82) is 5.26 Å². The topological polar surface area (TPSA) is 90.2 Å². The molecule has 2 unspecified atom stereocenters. The lowest BCUT2D eigenvalue weighted by Crippen LogP contribution is -2.38. The molecule has 0 radical (unpaired) electrons. The fourth-order valence-electron chi connectivity index (χ4n) is 1.30. The molecule has 1 aromatic rings. The molecule has 0 saturated heterocycles. The molecule has 0 aliphatic carbocycles. The third-order valence-corrected chi connectivity index (χ3v) is 4.35. The van der Waals surface area contributed by atoms with Crippen LogP contribution in [0.3, 0.4) is 0 Å². The molecule has 0 saturated carbocycles. The Labute approximate surface area is 107 Å². The lowest BCUT2D eigenvalue weighted by Gasteiger charge is -2.19. The summed E-state index contributed by atoms with van der Waals surface area (Å²) >= 11 is 0. The van der Waals surface area contributed by atoms with Crippen molar-refractivity contribution in [3.05, 3.63) is 29.8 Å². The van der Waals surface area contributed by atoms with Crippen LogP contribution >= 0.6 is 0 Å². The number of aliphatic hydroxyl groups excluding tert-OH is 1. The van der Waals surface area contributed by atoms with Crippen molar-refractivity contribution in [3.8, 4) is 6.07 Å². The third-order valence-electron chi connectivity index (χ3n) is 2.78. The maximum atomic E-state index is 12.0. The zero-order valence-corrected chi connectivity index (χ0v) is 11.1. The Hall–Kier alpha value is -1.42. The minimum absolute atomic E-state index is 0.0863. The molecule has 98 valence electrons. The van der Waals surface area contributed by atoms with E-state index in [0.29, 0.717) is 5.56 Å². The molecule has 0 aromatic heterocycles. The maximum absolute atomic E-state index is 12.0. The molecule has 0 heterocycles. The van der Waals surface area contributed by atoms with E-state index in [0.717, 1.165) is 0 Å². The van der Waals surface area contributed by atoms with Crippen molar-refractivity contribution >= 4 is 10.0 Å². The number of nitrogens with one attached hydrogen (secondary N) is 1. The van der Waals surface area contributed by atoms with Crippen LogP contribution in [0.2, 0.25) is 0 Å². The summed E-state index contributed by atoms with van der Waals surface area (Å²) in [6, 6.07) is 7.24. The number of benzene rings is 1. The molecular formula is C12H16N2O3S. The molecule has 6 heteroatoms. The van der Waals surface area contributed by atoms with E-state index in [9.17, 15) is 8.42 Å². The highest BCUT2D eigenvalue weighted by atomic mass is 32.2. The van der Waals surface area contributed by atoms with E-state index in [1.54, 1.807) is 13.8 Å². The monoisotopic (exact) mass is 268 g/mol. The van der Waals surface area contributed by atoms with Crippen molar-refractivity contribution in [2.45, 2.75) is 24.8 Å². The van der Waals surface area contributed by atoms with Crippen molar-refractivity contribution in [1.82, 2.24) is 4.72 Å². The van der Waals surface area contributed by atoms with Crippen LogP contribution in [0, 0.1) is 17.2 Å². The van der Waals surface area contributed by atoms with Crippen LogP contribution in [0.15, 0.2) is 29.2 Å². The Kier molecular flexibility index (Phi) is 4.84. The van der Waals surface area contributed by atoms with Gasteiger partial charge in [-0.2, -0.15) is 5.26 Å². The zero-order chi connectivity index (χ0) is 13.8. The second-order valence-electron chi connectivity index (χ2n) is 4.21. The van der Waals surface area contributed by atoms with Crippen LogP contribution in [0.1, 0.15) is 19.4 Å². The molecule has 18 heavy (non-hydrogen) atoms. The number of hydrogen-bond donors (Lipinski definition) is 2. The molecule has 1 aromatic carbocycles. The van der Waals surface area contributed by atoms with Gasteiger partial charge < -0.3 is 5.11 Å². The predicted molar refractivity (Wildman–Crippen MR) is 67.2 cm³/mol. The molecule has 0 amide bonds. The predicted octanol–water partition coefficient (Wildman–Crippen LogP) is 0.853. The van der Waals surface area contributed by atoms with Gasteiger partial charge in [0.1, 0.15) is 0 Å². The van der Waals surface area contributed by atoms with Gasteiger partial charge in [-0.1, -0.05) is 6.92 Å². The van der Waals surface area contributed by atoms with E-state index in [-0.39, 0.29) is 23.5 Å². The molecule has 0 spiro atoms. The number of rotatable bonds is 5. The first kappa shape index (κ1) is 14.6. The molecule has 0 fully saturated rings. The average Bonchev–Trinajstić information content (AvgIpc) is 2.37. The smallest absolute Gasteiger partial charge is 0.240 e. The van der Waals surface area contributed by atoms with E-state index < -0.39 is 10.0 Å². The van der Waals surface area contributed by atoms with Gasteiger partial charge in [-0.15, -0.1) is 0 Å². The van der Waals surface area contributed by atoms with Crippen LogP contribution in [0.5, 0.6) is 0 Å². The Morgan fingerprint density at radius 2 is 1.89 bits per heavy atom. The van der Waals surface area contributed by atoms with Gasteiger partial charge in [0.2, 0.25) is 10.0 Å². The summed E-state index contributed by atoms with van der Waals surface area (Å²) in [4.78, 5) is 0.110. The van der Waals surface area contributed by atoms with Gasteiger partial charge in [0.05, 0.1) is 16.5 Å². The molecule has 5 nitrogen and oxygen atoms in total. The lowest BCUT2D eigenvalue weighted by molar-refractivity contribution is 0.216. The summed E-state index contributed by atoms with van der Waals surface area (Å²) in [6.07, 6.45) is 0. The summed E-state index contributed by atoms with van der Waals surface area (Å²) in [5.41, 5.74) is 0.408. The van der Waals surface area contributed by atoms with Gasteiger partial charge in [0.15, 0.2) is 0 Å². The Balaban J connectivity index is 2.90. The molecule has 1 rings (SSSR count). The SMILES string of the molecule is CC(CO)C(C)NS(=O)(=O)c1ccc(C#N)cc1. The van der Waals surface area contributed by atoms with Crippen molar-refractivity contribution < 1.29 is 13.5 Å². The highest BCUT2D eigenvalue weighted by Gasteiger charge is 2.20. The number of nitrogens with zero attached hydrogens (tertiary/aromatic N) is 1. The van der Waals surface area contributed by atoms with Crippen molar-refractivity contribution in [2.24, 2.45) is 5.92 Å². The standard InChI is InChI=1S/C12H16N2O3S/c1-9(8-15)10(2)14-18(16,17)12-5-3-11(7-13)4-6-12/h3-6,9-10,14-15H,8H2,1-2H3. The first-order chi connectivity index (χ1) is 8.40. The largest absolute Gasteiger partial charge is 0.396 e. The first-order valence-corrected chi connectivity index (χ1v) is 7.02. The fraction of sp³-hybridized carbons (Fsp3) is 0.417. The van der Waals surface area contributed by atoms with Crippen molar-refractivity contribution in [3.63, 3.8) is 0 Å². The summed E-state index contributed by atoms with van der Waals surface area (Å²) in [5.74, 6) is -0.168. The number of hydrogen-bond acceptors (Lipinski definition) is 4. The lowest BCUT2D eigenvalue weighted by atomic mass is 10.1. The van der Waals surface area contributed by atoms with Crippen LogP contribution < -0.4 is 4.72 Å². The normalized spacial score (nSPS) is 14.8. The summed E-state index contributed by atoms with van der Waals surface area (Å²) in [7, 11) is -3.61. The molecule has 2 N–H and O–H groups in total. The van der Waals surface area contributed by atoms with Crippen LogP contribution in [0.25, 0.3) is 0 Å². The third kappa shape index (κ3) is 3.53. The molecule has 0 aliphatic rings. The van der Waals surface area contributed by atoms with Crippen molar-refractivity contribution in [2.75, 3.05) is 6.61 Å². The molecular weight excluding hydrogens is 252 g/mol. The van der Waals surface area contributed by atoms with Gasteiger partial charge in [-0.05, 0) is 37.1 Å². The van der Waals surface area contributed by atoms with E-state index in [1.807, 2.05) is 6.07 Å². The summed E-state index contributed by atoms with van der Waals surface area (Å²) in [5, 5.41) is 17.6. The number of nitriles is 1. The summed E-state index contributed by atoms with van der Waals surface area (Å²) < 4.78 is 26.5. The van der Waals surface area contributed by atoms with E-state index in [4.69, 9.17) is 10.4 Å². The summed E-state index contributed by atoms with van der Waals surface area (Å²) in [6.45, 7) is 3.37. The van der Waals surface area contributed by atoms with E-state index in [1.165, 1.54) is 24.3 Å². The Morgan fingerprint density at radius 3 is 2.33 bits per heavy atom. The maximum Gasteiger partial charge on any atom is 0.240 e. The zero-order valence-electron chi connectivity index (χ0n) is 10.3. The van der Waals surface area contributed by atoms with Gasteiger partial charge >= 0.3 is 0 Å². The molecule has 0 bridgehead atoms. The Bertz CT molecular complexity index is 531.